The number of methoxy groups -OCH3 is 1. The molecule has 166 valence electrons. The second kappa shape index (κ2) is 10.0. The largest absolute Gasteiger partial charge is 0.493 e. The van der Waals surface area contributed by atoms with Crippen LogP contribution in [0.4, 0.5) is 0 Å². The molecular weight excluding hydrogens is 442 g/mol. The molecule has 1 amide bonds. The minimum absolute atomic E-state index is 0.0473. The van der Waals surface area contributed by atoms with Crippen LogP contribution in [0.2, 0.25) is 5.15 Å². The smallest absolute Gasteiger partial charge is 0.271 e. The van der Waals surface area contributed by atoms with Crippen molar-refractivity contribution in [1.82, 2.24) is 9.97 Å². The van der Waals surface area contributed by atoms with Gasteiger partial charge in [0.1, 0.15) is 12.4 Å². The van der Waals surface area contributed by atoms with E-state index in [1.54, 1.807) is 42.5 Å². The lowest BCUT2D eigenvalue weighted by Crippen LogP contribution is -2.16. The lowest BCUT2D eigenvalue weighted by molar-refractivity contribution is 0.0993. The van der Waals surface area contributed by atoms with Gasteiger partial charge in [-0.25, -0.2) is 9.97 Å². The molecular formula is C25H20ClN3O4. The summed E-state index contributed by atoms with van der Waals surface area (Å²) in [6, 6.07) is 23.9. The van der Waals surface area contributed by atoms with Gasteiger partial charge in [-0.1, -0.05) is 66.2 Å². The van der Waals surface area contributed by atoms with Crippen LogP contribution in [0.25, 0.3) is 11.4 Å². The van der Waals surface area contributed by atoms with Gasteiger partial charge in [-0.3, -0.25) is 4.79 Å². The molecule has 1 aromatic heterocycles. The maximum atomic E-state index is 12.2. The first kappa shape index (κ1) is 22.1. The maximum absolute atomic E-state index is 12.2. The fourth-order valence-electron chi connectivity index (χ4n) is 3.09. The number of hydrogen-bond donors (Lipinski definition) is 1. The third-order valence-electron chi connectivity index (χ3n) is 4.68. The van der Waals surface area contributed by atoms with E-state index in [1.165, 1.54) is 7.11 Å². The van der Waals surface area contributed by atoms with Gasteiger partial charge in [0.2, 0.25) is 0 Å². The molecule has 0 fully saturated rings. The van der Waals surface area contributed by atoms with Crippen LogP contribution in [0, 0.1) is 0 Å². The zero-order chi connectivity index (χ0) is 23.2. The molecule has 4 rings (SSSR count). The third kappa shape index (κ3) is 5.22. The standard InChI is InChI=1S/C25H20ClN3O4/c1-31-19-12-5-6-13-20(19)33-22-21(24(27)30)28-25(29-23(22)26)17-10-7-11-18(14-17)32-15-16-8-3-2-4-9-16/h2-14H,15H2,1H3,(H2,27,30). The number of halogens is 1. The Kier molecular flexibility index (Phi) is 6.71. The Labute approximate surface area is 195 Å². The van der Waals surface area contributed by atoms with Gasteiger partial charge in [-0.05, 0) is 29.8 Å². The molecule has 3 aromatic carbocycles. The number of aromatic nitrogens is 2. The van der Waals surface area contributed by atoms with Gasteiger partial charge in [-0.15, -0.1) is 0 Å². The first-order chi connectivity index (χ1) is 16.0. The highest BCUT2D eigenvalue weighted by molar-refractivity contribution is 6.31. The highest BCUT2D eigenvalue weighted by atomic mass is 35.5. The summed E-state index contributed by atoms with van der Waals surface area (Å²) in [6.45, 7) is 0.407. The van der Waals surface area contributed by atoms with E-state index in [2.05, 4.69) is 9.97 Å². The number of benzene rings is 3. The molecule has 33 heavy (non-hydrogen) atoms. The summed E-state index contributed by atoms with van der Waals surface area (Å²) in [5.41, 5.74) is 7.07. The van der Waals surface area contributed by atoms with Crippen molar-refractivity contribution in [3.8, 4) is 34.4 Å². The van der Waals surface area contributed by atoms with Gasteiger partial charge in [0.15, 0.2) is 33.9 Å². The van der Waals surface area contributed by atoms with Crippen molar-refractivity contribution in [3.05, 3.63) is 95.3 Å². The van der Waals surface area contributed by atoms with E-state index >= 15 is 0 Å². The Morgan fingerprint density at radius 3 is 2.39 bits per heavy atom. The summed E-state index contributed by atoms with van der Waals surface area (Å²) < 4.78 is 17.0. The van der Waals surface area contributed by atoms with E-state index in [-0.39, 0.29) is 22.4 Å². The fourth-order valence-corrected chi connectivity index (χ4v) is 3.30. The highest BCUT2D eigenvalue weighted by Gasteiger charge is 2.21. The SMILES string of the molecule is COc1ccccc1Oc1c(Cl)nc(-c2cccc(OCc3ccccc3)c2)nc1C(N)=O. The van der Waals surface area contributed by atoms with Crippen LogP contribution in [0.1, 0.15) is 16.1 Å². The third-order valence-corrected chi connectivity index (χ3v) is 4.94. The molecule has 7 nitrogen and oxygen atoms in total. The number of carbonyl (C=O) groups excluding carboxylic acids is 1. The molecule has 0 aliphatic heterocycles. The summed E-state index contributed by atoms with van der Waals surface area (Å²) in [4.78, 5) is 20.8. The number of carbonyl (C=O) groups is 1. The Morgan fingerprint density at radius 1 is 0.939 bits per heavy atom. The van der Waals surface area contributed by atoms with Crippen LogP contribution in [0.5, 0.6) is 23.0 Å². The van der Waals surface area contributed by atoms with Crippen molar-refractivity contribution in [2.75, 3.05) is 7.11 Å². The number of para-hydroxylation sites is 2. The number of ether oxygens (including phenoxy) is 3. The second-order valence-corrected chi connectivity index (χ2v) is 7.29. The Balaban J connectivity index is 1.64. The zero-order valence-corrected chi connectivity index (χ0v) is 18.5. The molecule has 1 heterocycles. The molecule has 0 saturated carbocycles. The molecule has 0 radical (unpaired) electrons. The van der Waals surface area contributed by atoms with Crippen molar-refractivity contribution in [1.29, 1.82) is 0 Å². The Morgan fingerprint density at radius 2 is 1.67 bits per heavy atom. The molecule has 2 N–H and O–H groups in total. The number of hydrogen-bond acceptors (Lipinski definition) is 6. The normalized spacial score (nSPS) is 10.5. The number of rotatable bonds is 8. The van der Waals surface area contributed by atoms with Crippen LogP contribution >= 0.6 is 11.6 Å². The summed E-state index contributed by atoms with van der Waals surface area (Å²) in [6.07, 6.45) is 0. The molecule has 0 aliphatic rings. The van der Waals surface area contributed by atoms with Crippen LogP contribution < -0.4 is 19.9 Å². The predicted octanol–water partition coefficient (Wildman–Crippen LogP) is 5.28. The molecule has 8 heteroatoms. The molecule has 0 bridgehead atoms. The molecule has 0 spiro atoms. The van der Waals surface area contributed by atoms with E-state index in [0.717, 1.165) is 5.56 Å². The van der Waals surface area contributed by atoms with Crippen molar-refractivity contribution in [3.63, 3.8) is 0 Å². The summed E-state index contributed by atoms with van der Waals surface area (Å²) in [5, 5.41) is -0.0599. The van der Waals surface area contributed by atoms with Crippen molar-refractivity contribution in [2.45, 2.75) is 6.61 Å². The number of primary amides is 1. The topological polar surface area (TPSA) is 96.6 Å². The van der Waals surface area contributed by atoms with E-state index in [0.29, 0.717) is 29.4 Å². The first-order valence-corrected chi connectivity index (χ1v) is 10.4. The summed E-state index contributed by atoms with van der Waals surface area (Å²) in [7, 11) is 1.51. The quantitative estimate of drug-likeness (QED) is 0.359. The van der Waals surface area contributed by atoms with Gasteiger partial charge in [0.25, 0.3) is 5.91 Å². The average molecular weight is 462 g/mol. The second-order valence-electron chi connectivity index (χ2n) is 6.94. The predicted molar refractivity (Wildman–Crippen MR) is 125 cm³/mol. The van der Waals surface area contributed by atoms with Crippen LogP contribution in [-0.4, -0.2) is 23.0 Å². The lowest BCUT2D eigenvalue weighted by Gasteiger charge is -2.14. The monoisotopic (exact) mass is 461 g/mol. The van der Waals surface area contributed by atoms with Crippen LogP contribution in [0.15, 0.2) is 78.9 Å². The van der Waals surface area contributed by atoms with Gasteiger partial charge in [0, 0.05) is 5.56 Å². The van der Waals surface area contributed by atoms with Gasteiger partial charge < -0.3 is 19.9 Å². The highest BCUT2D eigenvalue weighted by Crippen LogP contribution is 2.37. The maximum Gasteiger partial charge on any atom is 0.271 e. The Bertz CT molecular complexity index is 1280. The van der Waals surface area contributed by atoms with Crippen LogP contribution in [0.3, 0.4) is 0 Å². The van der Waals surface area contributed by atoms with Crippen molar-refractivity contribution >= 4 is 17.5 Å². The van der Waals surface area contributed by atoms with E-state index < -0.39 is 5.91 Å². The van der Waals surface area contributed by atoms with Crippen molar-refractivity contribution < 1.29 is 19.0 Å². The van der Waals surface area contributed by atoms with Gasteiger partial charge in [-0.2, -0.15) is 0 Å². The van der Waals surface area contributed by atoms with Crippen LogP contribution in [-0.2, 0) is 6.61 Å². The molecule has 0 unspecified atom stereocenters. The minimum Gasteiger partial charge on any atom is -0.493 e. The molecule has 0 saturated heterocycles. The zero-order valence-electron chi connectivity index (χ0n) is 17.7. The van der Waals surface area contributed by atoms with E-state index in [1.807, 2.05) is 36.4 Å². The van der Waals surface area contributed by atoms with Gasteiger partial charge in [0.05, 0.1) is 7.11 Å². The lowest BCUT2D eigenvalue weighted by atomic mass is 10.2. The molecule has 0 atom stereocenters. The number of nitrogens with zero attached hydrogens (tertiary/aromatic N) is 2. The van der Waals surface area contributed by atoms with Crippen molar-refractivity contribution in [2.24, 2.45) is 5.73 Å². The fraction of sp³-hybridized carbons (Fsp3) is 0.0800. The van der Waals surface area contributed by atoms with E-state index in [9.17, 15) is 4.79 Å². The molecule has 0 aliphatic carbocycles. The van der Waals surface area contributed by atoms with Gasteiger partial charge >= 0.3 is 0 Å². The number of nitrogens with two attached hydrogens (primary N) is 1. The minimum atomic E-state index is -0.804. The number of amides is 1. The average Bonchev–Trinajstić information content (AvgIpc) is 2.84. The molecule has 4 aromatic rings. The first-order valence-electron chi connectivity index (χ1n) is 10.0. The Hall–Kier alpha value is -4.10. The van der Waals surface area contributed by atoms with E-state index in [4.69, 9.17) is 31.5 Å². The summed E-state index contributed by atoms with van der Waals surface area (Å²) >= 11 is 6.40. The summed E-state index contributed by atoms with van der Waals surface area (Å²) in [5.74, 6) is 0.779.